The standard InChI is InChI=1S/C25H36N4O2/c1-4-26-25(27-15-12-20-10-11-23(30-2)24(18-20)31-3)28-22-13-16-29(17-14-22)19-21-8-6-5-7-9-21/h5-11,18,22H,4,12-17,19H2,1-3H3,(H2,26,27,28). The molecule has 0 saturated carbocycles. The number of piperidine rings is 1. The summed E-state index contributed by atoms with van der Waals surface area (Å²) < 4.78 is 10.7. The van der Waals surface area contributed by atoms with Crippen LogP contribution in [0.5, 0.6) is 11.5 Å². The van der Waals surface area contributed by atoms with Gasteiger partial charge in [0.15, 0.2) is 17.5 Å². The van der Waals surface area contributed by atoms with Crippen LogP contribution in [0.1, 0.15) is 30.9 Å². The predicted molar refractivity (Wildman–Crippen MR) is 127 cm³/mol. The second kappa shape index (κ2) is 12.2. The zero-order valence-electron chi connectivity index (χ0n) is 19.1. The van der Waals surface area contributed by atoms with Crippen molar-refractivity contribution >= 4 is 5.96 Å². The summed E-state index contributed by atoms with van der Waals surface area (Å²) in [5.74, 6) is 2.42. The van der Waals surface area contributed by atoms with Crippen LogP contribution in [0.4, 0.5) is 0 Å². The molecule has 0 aliphatic carbocycles. The van der Waals surface area contributed by atoms with Gasteiger partial charge in [-0.25, -0.2) is 0 Å². The van der Waals surface area contributed by atoms with Crippen molar-refractivity contribution < 1.29 is 9.47 Å². The maximum Gasteiger partial charge on any atom is 0.191 e. The average molecular weight is 425 g/mol. The van der Waals surface area contributed by atoms with E-state index in [-0.39, 0.29) is 0 Å². The summed E-state index contributed by atoms with van der Waals surface area (Å²) in [6.07, 6.45) is 3.12. The first-order valence-electron chi connectivity index (χ1n) is 11.2. The van der Waals surface area contributed by atoms with Crippen molar-refractivity contribution in [2.24, 2.45) is 4.99 Å². The molecule has 1 aliphatic rings. The zero-order valence-corrected chi connectivity index (χ0v) is 19.1. The van der Waals surface area contributed by atoms with Gasteiger partial charge in [-0.15, -0.1) is 0 Å². The highest BCUT2D eigenvalue weighted by molar-refractivity contribution is 5.80. The zero-order chi connectivity index (χ0) is 21.9. The lowest BCUT2D eigenvalue weighted by Crippen LogP contribution is -2.48. The van der Waals surface area contributed by atoms with Crippen molar-refractivity contribution in [1.29, 1.82) is 0 Å². The number of likely N-dealkylation sites (tertiary alicyclic amines) is 1. The lowest BCUT2D eigenvalue weighted by molar-refractivity contribution is 0.198. The van der Waals surface area contributed by atoms with E-state index in [1.54, 1.807) is 14.2 Å². The number of nitrogens with zero attached hydrogens (tertiary/aromatic N) is 2. The van der Waals surface area contributed by atoms with Crippen LogP contribution in [-0.2, 0) is 13.0 Å². The van der Waals surface area contributed by atoms with Gasteiger partial charge in [0.1, 0.15) is 0 Å². The summed E-state index contributed by atoms with van der Waals surface area (Å²) >= 11 is 0. The van der Waals surface area contributed by atoms with Crippen LogP contribution in [0.25, 0.3) is 0 Å². The van der Waals surface area contributed by atoms with Crippen LogP contribution >= 0.6 is 0 Å². The van der Waals surface area contributed by atoms with E-state index in [1.807, 2.05) is 12.1 Å². The van der Waals surface area contributed by atoms with Gasteiger partial charge in [0.2, 0.25) is 0 Å². The number of hydrogen-bond donors (Lipinski definition) is 2. The van der Waals surface area contributed by atoms with Gasteiger partial charge < -0.3 is 20.1 Å². The second-order valence-corrected chi connectivity index (χ2v) is 7.88. The van der Waals surface area contributed by atoms with Gasteiger partial charge in [-0.1, -0.05) is 36.4 Å². The highest BCUT2D eigenvalue weighted by Gasteiger charge is 2.20. The van der Waals surface area contributed by atoms with Crippen LogP contribution in [0.2, 0.25) is 0 Å². The normalized spacial score (nSPS) is 15.5. The van der Waals surface area contributed by atoms with Crippen LogP contribution < -0.4 is 20.1 Å². The average Bonchev–Trinajstić information content (AvgIpc) is 2.81. The summed E-state index contributed by atoms with van der Waals surface area (Å²) in [5, 5.41) is 7.02. The number of guanidine groups is 1. The molecule has 2 aromatic carbocycles. The maximum absolute atomic E-state index is 5.40. The minimum atomic E-state index is 0.464. The molecule has 3 rings (SSSR count). The molecule has 6 heteroatoms. The van der Waals surface area contributed by atoms with Crippen LogP contribution in [0.3, 0.4) is 0 Å². The third-order valence-electron chi connectivity index (χ3n) is 5.64. The van der Waals surface area contributed by atoms with E-state index in [0.717, 1.165) is 69.4 Å². The topological polar surface area (TPSA) is 58.1 Å². The lowest BCUT2D eigenvalue weighted by atomic mass is 10.0. The molecule has 1 aliphatic heterocycles. The maximum atomic E-state index is 5.40. The summed E-state index contributed by atoms with van der Waals surface area (Å²) in [4.78, 5) is 7.33. The molecule has 0 amide bonds. The highest BCUT2D eigenvalue weighted by Crippen LogP contribution is 2.27. The van der Waals surface area contributed by atoms with Gasteiger partial charge in [0.05, 0.1) is 14.2 Å². The smallest absolute Gasteiger partial charge is 0.191 e. The quantitative estimate of drug-likeness (QED) is 0.477. The summed E-state index contributed by atoms with van der Waals surface area (Å²) in [5.41, 5.74) is 2.57. The molecule has 1 heterocycles. The number of methoxy groups -OCH3 is 2. The number of rotatable bonds is 9. The summed E-state index contributed by atoms with van der Waals surface area (Å²) in [7, 11) is 3.32. The Morgan fingerprint density at radius 1 is 1.00 bits per heavy atom. The van der Waals surface area contributed by atoms with Crippen molar-refractivity contribution in [2.75, 3.05) is 40.4 Å². The first kappa shape index (κ1) is 22.9. The van der Waals surface area contributed by atoms with Crippen LogP contribution in [0.15, 0.2) is 53.5 Å². The van der Waals surface area contributed by atoms with Gasteiger partial charge in [0.25, 0.3) is 0 Å². The Morgan fingerprint density at radius 2 is 1.74 bits per heavy atom. The Labute approximate surface area is 186 Å². The third-order valence-corrected chi connectivity index (χ3v) is 5.64. The van der Waals surface area contributed by atoms with Crippen LogP contribution in [0, 0.1) is 0 Å². The molecule has 1 saturated heterocycles. The largest absolute Gasteiger partial charge is 0.493 e. The highest BCUT2D eigenvalue weighted by atomic mass is 16.5. The number of nitrogens with one attached hydrogen (secondary N) is 2. The molecule has 1 fully saturated rings. The van der Waals surface area contributed by atoms with Crippen molar-refractivity contribution in [3.05, 3.63) is 59.7 Å². The Hall–Kier alpha value is -2.73. The number of hydrogen-bond acceptors (Lipinski definition) is 4. The van der Waals surface area contributed by atoms with E-state index in [0.29, 0.717) is 6.04 Å². The van der Waals surface area contributed by atoms with Gasteiger partial charge >= 0.3 is 0 Å². The molecular weight excluding hydrogens is 388 g/mol. The first-order valence-corrected chi connectivity index (χ1v) is 11.2. The van der Waals surface area contributed by atoms with E-state index in [2.05, 4.69) is 58.9 Å². The lowest BCUT2D eigenvalue weighted by Gasteiger charge is -2.33. The van der Waals surface area contributed by atoms with Crippen molar-refractivity contribution in [2.45, 2.75) is 38.8 Å². The van der Waals surface area contributed by atoms with E-state index in [1.165, 1.54) is 11.1 Å². The van der Waals surface area contributed by atoms with Crippen molar-refractivity contribution in [3.63, 3.8) is 0 Å². The number of aliphatic imine (C=N–C) groups is 1. The molecule has 0 spiro atoms. The monoisotopic (exact) mass is 424 g/mol. The van der Waals surface area contributed by atoms with E-state index < -0.39 is 0 Å². The molecular formula is C25H36N4O2. The Bertz CT molecular complexity index is 818. The Kier molecular flexibility index (Phi) is 9.03. The Balaban J connectivity index is 1.47. The molecule has 0 atom stereocenters. The molecule has 0 unspecified atom stereocenters. The van der Waals surface area contributed by atoms with E-state index in [4.69, 9.17) is 14.5 Å². The molecule has 0 aromatic heterocycles. The van der Waals surface area contributed by atoms with E-state index >= 15 is 0 Å². The van der Waals surface area contributed by atoms with Gasteiger partial charge in [-0.05, 0) is 49.4 Å². The van der Waals surface area contributed by atoms with Crippen molar-refractivity contribution in [1.82, 2.24) is 15.5 Å². The fourth-order valence-electron chi connectivity index (χ4n) is 3.92. The number of benzene rings is 2. The molecule has 31 heavy (non-hydrogen) atoms. The minimum Gasteiger partial charge on any atom is -0.493 e. The van der Waals surface area contributed by atoms with Crippen molar-refractivity contribution in [3.8, 4) is 11.5 Å². The third kappa shape index (κ3) is 7.17. The number of ether oxygens (including phenoxy) is 2. The SMILES string of the molecule is CCNC(=NCCc1ccc(OC)c(OC)c1)NC1CCN(Cc2ccccc2)CC1. The van der Waals surface area contributed by atoms with Gasteiger partial charge in [-0.2, -0.15) is 0 Å². The van der Waals surface area contributed by atoms with Gasteiger partial charge in [-0.3, -0.25) is 9.89 Å². The summed E-state index contributed by atoms with van der Waals surface area (Å²) in [6, 6.07) is 17.2. The van der Waals surface area contributed by atoms with E-state index in [9.17, 15) is 0 Å². The molecule has 0 radical (unpaired) electrons. The minimum absolute atomic E-state index is 0.464. The molecule has 2 aromatic rings. The fraction of sp³-hybridized carbons (Fsp3) is 0.480. The predicted octanol–water partition coefficient (Wildman–Crippen LogP) is 3.47. The van der Waals surface area contributed by atoms with Crippen LogP contribution in [-0.4, -0.2) is 57.3 Å². The Morgan fingerprint density at radius 3 is 2.42 bits per heavy atom. The molecule has 168 valence electrons. The van der Waals surface area contributed by atoms with Gasteiger partial charge in [0, 0.05) is 38.8 Å². The molecule has 0 bridgehead atoms. The molecule has 2 N–H and O–H groups in total. The second-order valence-electron chi connectivity index (χ2n) is 7.88. The molecule has 6 nitrogen and oxygen atoms in total. The summed E-state index contributed by atoms with van der Waals surface area (Å²) in [6.45, 7) is 6.93. The first-order chi connectivity index (χ1) is 15.2. The fourth-order valence-corrected chi connectivity index (χ4v) is 3.92.